The van der Waals surface area contributed by atoms with Crippen LogP contribution >= 0.6 is 15.9 Å². The second kappa shape index (κ2) is 7.86. The maximum Gasteiger partial charge on any atom is 0.258 e. The number of primary amides is 1. The second-order valence-electron chi connectivity index (χ2n) is 6.29. The zero-order valence-corrected chi connectivity index (χ0v) is 15.6. The molecule has 3 rings (SSSR count). The molecule has 0 aromatic heterocycles. The highest BCUT2D eigenvalue weighted by molar-refractivity contribution is 9.10. The minimum Gasteiger partial charge on any atom is -0.371 e. The van der Waals surface area contributed by atoms with Gasteiger partial charge in [0.15, 0.2) is 0 Å². The van der Waals surface area contributed by atoms with E-state index in [-0.39, 0.29) is 17.4 Å². The summed E-state index contributed by atoms with van der Waals surface area (Å²) >= 11 is 3.24. The minimum atomic E-state index is -0.570. The van der Waals surface area contributed by atoms with E-state index < -0.39 is 11.7 Å². The highest BCUT2D eigenvalue weighted by Gasteiger charge is 2.23. The first-order chi connectivity index (χ1) is 12.4. The minimum absolute atomic E-state index is 0.0167. The van der Waals surface area contributed by atoms with Gasteiger partial charge < -0.3 is 16.0 Å². The predicted octanol–water partition coefficient (Wildman–Crippen LogP) is 3.54. The van der Waals surface area contributed by atoms with Gasteiger partial charge in [-0.25, -0.2) is 4.39 Å². The number of anilines is 2. The molecule has 5 nitrogen and oxygen atoms in total. The van der Waals surface area contributed by atoms with E-state index in [9.17, 15) is 14.0 Å². The van der Waals surface area contributed by atoms with E-state index in [1.165, 1.54) is 12.1 Å². The number of rotatable bonds is 4. The number of halogens is 2. The molecule has 1 aliphatic heterocycles. The molecule has 2 aromatic carbocycles. The summed E-state index contributed by atoms with van der Waals surface area (Å²) in [5, 5.41) is 2.70. The van der Waals surface area contributed by atoms with Crippen LogP contribution in [0.2, 0.25) is 0 Å². The lowest BCUT2D eigenvalue weighted by molar-refractivity contribution is -0.122. The molecule has 0 aliphatic carbocycles. The average molecular weight is 420 g/mol. The molecule has 3 N–H and O–H groups in total. The van der Waals surface area contributed by atoms with Gasteiger partial charge in [0.2, 0.25) is 5.91 Å². The molecule has 7 heteroatoms. The number of nitrogens with one attached hydrogen (secondary N) is 1. The molecular formula is C19H19BrFN3O2. The molecule has 1 saturated heterocycles. The molecule has 1 aliphatic rings. The summed E-state index contributed by atoms with van der Waals surface area (Å²) in [6.45, 7) is 1.53. The maximum absolute atomic E-state index is 13.8. The SMILES string of the molecule is NC(=O)C1CCN(c2ccc(NC(=O)c3cc(Br)ccc3F)cc2)CC1. The number of amides is 2. The van der Waals surface area contributed by atoms with Gasteiger partial charge >= 0.3 is 0 Å². The Morgan fingerprint density at radius 1 is 1.12 bits per heavy atom. The Hall–Kier alpha value is -2.41. The zero-order chi connectivity index (χ0) is 18.7. The monoisotopic (exact) mass is 419 g/mol. The van der Waals surface area contributed by atoms with Crippen LogP contribution in [-0.2, 0) is 4.79 Å². The number of benzene rings is 2. The van der Waals surface area contributed by atoms with E-state index in [0.717, 1.165) is 31.6 Å². The van der Waals surface area contributed by atoms with Crippen molar-refractivity contribution in [3.63, 3.8) is 0 Å². The normalized spacial score (nSPS) is 14.9. The smallest absolute Gasteiger partial charge is 0.258 e. The van der Waals surface area contributed by atoms with Gasteiger partial charge in [0.05, 0.1) is 5.56 Å². The van der Waals surface area contributed by atoms with Crippen molar-refractivity contribution >= 4 is 39.1 Å². The van der Waals surface area contributed by atoms with Crippen molar-refractivity contribution in [2.45, 2.75) is 12.8 Å². The first kappa shape index (κ1) is 18.4. The Morgan fingerprint density at radius 3 is 2.38 bits per heavy atom. The zero-order valence-electron chi connectivity index (χ0n) is 14.0. The standard InChI is InChI=1S/C19H19BrFN3O2/c20-13-1-6-17(21)16(11-13)19(26)23-14-2-4-15(5-3-14)24-9-7-12(8-10-24)18(22)25/h1-6,11-12H,7-10H2,(H2,22,25)(H,23,26). The molecule has 0 radical (unpaired) electrons. The molecule has 0 spiro atoms. The molecule has 0 bridgehead atoms. The summed E-state index contributed by atoms with van der Waals surface area (Å²) < 4.78 is 14.4. The third-order valence-corrected chi connectivity index (χ3v) is 5.05. The van der Waals surface area contributed by atoms with Gasteiger partial charge in [-0.3, -0.25) is 9.59 Å². The fourth-order valence-electron chi connectivity index (χ4n) is 3.05. The fraction of sp³-hybridized carbons (Fsp3) is 0.263. The quantitative estimate of drug-likeness (QED) is 0.795. The van der Waals surface area contributed by atoms with Gasteiger partial charge in [-0.2, -0.15) is 0 Å². The van der Waals surface area contributed by atoms with Crippen LogP contribution in [0.1, 0.15) is 23.2 Å². The fourth-order valence-corrected chi connectivity index (χ4v) is 3.41. The average Bonchev–Trinajstić information content (AvgIpc) is 2.64. The Balaban J connectivity index is 1.64. The molecule has 0 atom stereocenters. The summed E-state index contributed by atoms with van der Waals surface area (Å²) in [4.78, 5) is 25.7. The molecule has 2 amide bonds. The largest absolute Gasteiger partial charge is 0.371 e. The van der Waals surface area contributed by atoms with E-state index in [0.29, 0.717) is 10.2 Å². The molecular weight excluding hydrogens is 401 g/mol. The van der Waals surface area contributed by atoms with Crippen LogP contribution < -0.4 is 16.0 Å². The summed E-state index contributed by atoms with van der Waals surface area (Å²) in [5.74, 6) is -1.36. The Labute approximate surface area is 159 Å². The van der Waals surface area contributed by atoms with Crippen LogP contribution in [0.4, 0.5) is 15.8 Å². The van der Waals surface area contributed by atoms with Gasteiger partial charge in [0.25, 0.3) is 5.91 Å². The van der Waals surface area contributed by atoms with Gasteiger partial charge in [-0.15, -0.1) is 0 Å². The number of hydrogen-bond acceptors (Lipinski definition) is 3. The Bertz CT molecular complexity index is 818. The third kappa shape index (κ3) is 4.22. The van der Waals surface area contributed by atoms with Gasteiger partial charge in [-0.05, 0) is 55.3 Å². The highest BCUT2D eigenvalue weighted by atomic mass is 79.9. The third-order valence-electron chi connectivity index (χ3n) is 4.56. The van der Waals surface area contributed by atoms with Gasteiger partial charge in [0.1, 0.15) is 5.82 Å². The van der Waals surface area contributed by atoms with Crippen LogP contribution in [-0.4, -0.2) is 24.9 Å². The van der Waals surface area contributed by atoms with Crippen LogP contribution in [0.25, 0.3) is 0 Å². The van der Waals surface area contributed by atoms with Crippen molar-refractivity contribution in [2.24, 2.45) is 11.7 Å². The first-order valence-corrected chi connectivity index (χ1v) is 9.14. The summed E-state index contributed by atoms with van der Waals surface area (Å²) in [7, 11) is 0. The van der Waals surface area contributed by atoms with E-state index in [1.54, 1.807) is 18.2 Å². The van der Waals surface area contributed by atoms with Crippen molar-refractivity contribution in [2.75, 3.05) is 23.3 Å². The second-order valence-corrected chi connectivity index (χ2v) is 7.20. The number of carbonyl (C=O) groups is 2. The summed E-state index contributed by atoms with van der Waals surface area (Å²) in [6, 6.07) is 11.6. The van der Waals surface area contributed by atoms with E-state index >= 15 is 0 Å². The number of carbonyl (C=O) groups excluding carboxylic acids is 2. The number of nitrogens with two attached hydrogens (primary N) is 1. The molecule has 0 saturated carbocycles. The van der Waals surface area contributed by atoms with Crippen molar-refractivity contribution in [3.05, 3.63) is 58.3 Å². The van der Waals surface area contributed by atoms with E-state index in [1.807, 2.05) is 12.1 Å². The van der Waals surface area contributed by atoms with Crippen LogP contribution in [0, 0.1) is 11.7 Å². The van der Waals surface area contributed by atoms with Crippen molar-refractivity contribution in [1.29, 1.82) is 0 Å². The maximum atomic E-state index is 13.8. The molecule has 2 aromatic rings. The predicted molar refractivity (Wildman–Crippen MR) is 103 cm³/mol. The van der Waals surface area contributed by atoms with Crippen LogP contribution in [0.15, 0.2) is 46.9 Å². The van der Waals surface area contributed by atoms with Crippen molar-refractivity contribution in [3.8, 4) is 0 Å². The van der Waals surface area contributed by atoms with Gasteiger partial charge in [0, 0.05) is 34.9 Å². The first-order valence-electron chi connectivity index (χ1n) is 8.35. The topological polar surface area (TPSA) is 75.4 Å². The van der Waals surface area contributed by atoms with Crippen molar-refractivity contribution < 1.29 is 14.0 Å². The van der Waals surface area contributed by atoms with Gasteiger partial charge in [-0.1, -0.05) is 15.9 Å². The van der Waals surface area contributed by atoms with E-state index in [4.69, 9.17) is 5.73 Å². The molecule has 136 valence electrons. The molecule has 1 fully saturated rings. The lowest BCUT2D eigenvalue weighted by Gasteiger charge is -2.32. The van der Waals surface area contributed by atoms with Crippen molar-refractivity contribution in [1.82, 2.24) is 0 Å². The Kier molecular flexibility index (Phi) is 5.56. The molecule has 26 heavy (non-hydrogen) atoms. The lowest BCUT2D eigenvalue weighted by Crippen LogP contribution is -2.38. The van der Waals surface area contributed by atoms with Crippen LogP contribution in [0.5, 0.6) is 0 Å². The Morgan fingerprint density at radius 2 is 1.77 bits per heavy atom. The van der Waals surface area contributed by atoms with Crippen LogP contribution in [0.3, 0.4) is 0 Å². The highest BCUT2D eigenvalue weighted by Crippen LogP contribution is 2.25. The summed E-state index contributed by atoms with van der Waals surface area (Å²) in [5.41, 5.74) is 6.94. The summed E-state index contributed by atoms with van der Waals surface area (Å²) in [6.07, 6.45) is 1.49. The number of hydrogen-bond donors (Lipinski definition) is 2. The number of piperidine rings is 1. The molecule has 1 heterocycles. The molecule has 0 unspecified atom stereocenters. The lowest BCUT2D eigenvalue weighted by atomic mass is 9.96. The number of nitrogens with zero attached hydrogens (tertiary/aromatic N) is 1. The van der Waals surface area contributed by atoms with E-state index in [2.05, 4.69) is 26.1 Å².